The predicted octanol–water partition coefficient (Wildman–Crippen LogP) is 19.2. The third-order valence-corrected chi connectivity index (χ3v) is 24.9. The summed E-state index contributed by atoms with van der Waals surface area (Å²) in [4.78, 5) is 7.76. The molecule has 1 aliphatic carbocycles. The van der Waals surface area contributed by atoms with E-state index in [9.17, 15) is 0 Å². The zero-order valence-corrected chi connectivity index (χ0v) is 53.5. The first-order valence-electron chi connectivity index (χ1n) is 29.8. The number of hydrogen-bond acceptors (Lipinski definition) is 4. The smallest absolute Gasteiger partial charge is 0.297 e. The summed E-state index contributed by atoms with van der Waals surface area (Å²) in [7, 11) is -1.85. The fourth-order valence-electron chi connectivity index (χ4n) is 12.9. The van der Waals surface area contributed by atoms with E-state index in [1.165, 1.54) is 66.3 Å². The summed E-state index contributed by atoms with van der Waals surface area (Å²) >= 11 is 0. The van der Waals surface area contributed by atoms with Gasteiger partial charge in [0.05, 0.1) is 25.1 Å². The van der Waals surface area contributed by atoms with E-state index in [4.69, 9.17) is 4.42 Å². The van der Waals surface area contributed by atoms with Crippen molar-refractivity contribution in [1.82, 2.24) is 0 Å². The minimum Gasteiger partial charge on any atom is -0.468 e. The second-order valence-electron chi connectivity index (χ2n) is 31.2. The van der Waals surface area contributed by atoms with Gasteiger partial charge in [0.15, 0.2) is 0 Å². The molecule has 0 saturated carbocycles. The molecule has 0 fully saturated rings. The molecule has 8 aromatic rings. The Morgan fingerprint density at radius 2 is 0.988 bits per heavy atom. The summed E-state index contributed by atoms with van der Waals surface area (Å²) in [6, 6.07) is 55.0. The first kappa shape index (κ1) is 55.7. The Labute approximate surface area is 483 Å². The van der Waals surface area contributed by atoms with Gasteiger partial charge >= 0.3 is 0 Å². The molecule has 0 bridgehead atoms. The van der Waals surface area contributed by atoms with Gasteiger partial charge in [-0.15, -0.1) is 0 Å². The van der Waals surface area contributed by atoms with E-state index in [-0.39, 0.29) is 44.2 Å². The molecule has 2 aliphatic heterocycles. The van der Waals surface area contributed by atoms with Crippen LogP contribution in [0.5, 0.6) is 0 Å². The van der Waals surface area contributed by atoms with Crippen LogP contribution in [0.15, 0.2) is 144 Å². The lowest BCUT2D eigenvalue weighted by atomic mass is 9.35. The second-order valence-corrected chi connectivity index (χ2v) is 36.5. The van der Waals surface area contributed by atoms with Crippen molar-refractivity contribution in [3.8, 4) is 0 Å². The number of benzene rings is 7. The molecule has 0 amide bonds. The second kappa shape index (κ2) is 18.4. The number of fused-ring (bicyclic) bond motifs is 7. The van der Waals surface area contributed by atoms with E-state index in [1.54, 1.807) is 0 Å². The van der Waals surface area contributed by atoms with E-state index in [0.717, 1.165) is 63.9 Å². The number of nitrogens with zero attached hydrogens (tertiary/aromatic N) is 3. The number of anilines is 9. The van der Waals surface area contributed by atoms with E-state index >= 15 is 0 Å². The lowest BCUT2D eigenvalue weighted by Crippen LogP contribution is -2.61. The maximum absolute atomic E-state index is 7.73. The van der Waals surface area contributed by atoms with Gasteiger partial charge < -0.3 is 19.1 Å². The minimum absolute atomic E-state index is 0.000408. The molecule has 6 heteroatoms. The third-order valence-electron chi connectivity index (χ3n) is 19.4. The van der Waals surface area contributed by atoms with Crippen LogP contribution in [0.1, 0.15) is 178 Å². The summed E-state index contributed by atoms with van der Waals surface area (Å²) < 4.78 is 7.73. The summed E-state index contributed by atoms with van der Waals surface area (Å²) in [6.45, 7) is 50.0. The lowest BCUT2D eigenvalue weighted by molar-refractivity contribution is 0.332. The summed E-state index contributed by atoms with van der Waals surface area (Å²) in [5.74, 6) is 0. The van der Waals surface area contributed by atoms with E-state index in [2.05, 4.69) is 299 Å². The van der Waals surface area contributed by atoms with Crippen LogP contribution in [0, 0.1) is 0 Å². The Hall–Kier alpha value is -6.24. The molecule has 11 rings (SSSR count). The highest BCUT2D eigenvalue weighted by Crippen LogP contribution is 2.54. The molecule has 414 valence electrons. The average molecular weight is 1080 g/mol. The SMILES string of the molecule is CC(C)(C)c1ccc(N2c3cc(N(c4ccccc4)c4ccc([Si](C)(C)C(C)(C)C)cc4)cc4c3B(c3ccc(C(C)(C)C)cc3N4c3cc(C(C)(C)C)cc(C(C)(C)C)c3)c3oc4cc5c(cc4c32)C(C)(C)CCC5(C)C)cc1. The normalized spacial score (nSPS) is 16.1. The molecule has 1 aromatic heterocycles. The van der Waals surface area contributed by atoms with Crippen LogP contribution in [0.2, 0.25) is 18.1 Å². The molecule has 3 heterocycles. The van der Waals surface area contributed by atoms with Gasteiger partial charge in [-0.2, -0.15) is 0 Å². The van der Waals surface area contributed by atoms with E-state index in [0.29, 0.717) is 0 Å². The molecular formula is C74H90BN3OSi. The minimum atomic E-state index is -1.85. The Kier molecular flexibility index (Phi) is 12.8. The molecule has 80 heavy (non-hydrogen) atoms. The lowest BCUT2D eigenvalue weighted by Gasteiger charge is -2.44. The van der Waals surface area contributed by atoms with Crippen LogP contribution in [-0.4, -0.2) is 14.8 Å². The largest absolute Gasteiger partial charge is 0.468 e. The van der Waals surface area contributed by atoms with Crippen molar-refractivity contribution in [1.29, 1.82) is 0 Å². The molecule has 0 atom stereocenters. The monoisotopic (exact) mass is 1080 g/mol. The van der Waals surface area contributed by atoms with Gasteiger partial charge in [0.2, 0.25) is 0 Å². The van der Waals surface area contributed by atoms with Gasteiger partial charge in [-0.3, -0.25) is 0 Å². The third kappa shape index (κ3) is 9.28. The molecule has 3 aliphatic rings. The average Bonchev–Trinajstić information content (AvgIpc) is 3.94. The molecule has 0 unspecified atom stereocenters. The number of para-hydroxylation sites is 1. The standard InChI is InChI=1S/C74H90BN3OSi/c1-68(2,3)47-27-30-53(31-28-47)78-63-44-55(76(51-25-23-22-24-26-51)52-32-34-56(35-33-52)80(20,21)72(13,14)15)43-62-65(63)75(67-66(78)57-45-58-59(46-64(57)79-67)74(18,19)38-37-73(58,16)17)60-36-29-48(69(4,5)6)42-61(60)77(62)54-40-49(70(7,8)9)39-50(41-54)71(10,11)12/h22-36,39-46H,37-38H2,1-21H3. The van der Waals surface area contributed by atoms with Gasteiger partial charge in [0.25, 0.3) is 6.71 Å². The molecule has 7 aromatic carbocycles. The molecule has 0 spiro atoms. The Morgan fingerprint density at radius 1 is 0.475 bits per heavy atom. The van der Waals surface area contributed by atoms with Gasteiger partial charge in [-0.05, 0) is 174 Å². The topological polar surface area (TPSA) is 22.9 Å². The van der Waals surface area contributed by atoms with Crippen LogP contribution in [0.3, 0.4) is 0 Å². The fraction of sp³-hybridized carbons (Fsp3) is 0.405. The molecular weight excluding hydrogens is 986 g/mol. The van der Waals surface area contributed by atoms with Crippen molar-refractivity contribution in [3.63, 3.8) is 0 Å². The summed E-state index contributed by atoms with van der Waals surface area (Å²) in [6.07, 6.45) is 2.27. The summed E-state index contributed by atoms with van der Waals surface area (Å²) in [5, 5.41) is 2.84. The van der Waals surface area contributed by atoms with Crippen LogP contribution >= 0.6 is 0 Å². The highest BCUT2D eigenvalue weighted by molar-refractivity contribution is 7.00. The highest BCUT2D eigenvalue weighted by Gasteiger charge is 2.49. The Morgan fingerprint density at radius 3 is 1.52 bits per heavy atom. The zero-order valence-electron chi connectivity index (χ0n) is 52.5. The number of furan rings is 1. The predicted molar refractivity (Wildman–Crippen MR) is 352 cm³/mol. The quantitative estimate of drug-likeness (QED) is 0.155. The Balaban J connectivity index is 1.32. The van der Waals surface area contributed by atoms with Crippen molar-refractivity contribution in [3.05, 3.63) is 173 Å². The van der Waals surface area contributed by atoms with Crippen LogP contribution in [-0.2, 0) is 32.5 Å². The van der Waals surface area contributed by atoms with Crippen molar-refractivity contribution >= 4 is 98.7 Å². The van der Waals surface area contributed by atoms with E-state index < -0.39 is 8.07 Å². The first-order chi connectivity index (χ1) is 37.1. The van der Waals surface area contributed by atoms with Crippen molar-refractivity contribution in [2.45, 2.75) is 195 Å². The molecule has 0 N–H and O–H groups in total. The van der Waals surface area contributed by atoms with Crippen LogP contribution in [0.25, 0.3) is 11.0 Å². The first-order valence-corrected chi connectivity index (χ1v) is 32.8. The van der Waals surface area contributed by atoms with Crippen molar-refractivity contribution in [2.75, 3.05) is 14.7 Å². The van der Waals surface area contributed by atoms with Crippen molar-refractivity contribution in [2.24, 2.45) is 0 Å². The van der Waals surface area contributed by atoms with Crippen LogP contribution in [0.4, 0.5) is 51.2 Å². The van der Waals surface area contributed by atoms with E-state index in [1.807, 2.05) is 0 Å². The number of rotatable bonds is 6. The molecule has 0 saturated heterocycles. The van der Waals surface area contributed by atoms with Gasteiger partial charge in [0.1, 0.15) is 5.58 Å². The highest BCUT2D eigenvalue weighted by atomic mass is 28.3. The summed E-state index contributed by atoms with van der Waals surface area (Å²) in [5.41, 5.74) is 22.5. The van der Waals surface area contributed by atoms with Gasteiger partial charge in [-0.1, -0.05) is 210 Å². The van der Waals surface area contributed by atoms with Gasteiger partial charge in [-0.25, -0.2) is 0 Å². The molecule has 4 nitrogen and oxygen atoms in total. The maximum Gasteiger partial charge on any atom is 0.297 e. The maximum atomic E-state index is 7.73. The Bertz CT molecular complexity index is 3680. The number of hydrogen-bond donors (Lipinski definition) is 0. The van der Waals surface area contributed by atoms with Crippen molar-refractivity contribution < 1.29 is 4.42 Å². The fourth-order valence-corrected chi connectivity index (χ4v) is 14.7. The molecule has 0 radical (unpaired) electrons. The van der Waals surface area contributed by atoms with Gasteiger partial charge in [0, 0.05) is 45.2 Å². The zero-order chi connectivity index (χ0) is 57.8. The van der Waals surface area contributed by atoms with Crippen LogP contribution < -0.4 is 36.5 Å².